The van der Waals surface area contributed by atoms with Gasteiger partial charge < -0.3 is 25.5 Å². The number of ether oxygens (including phenoxy) is 1. The molecule has 4 N–H and O–H groups in total. The van der Waals surface area contributed by atoms with Crippen molar-refractivity contribution in [3.8, 4) is 0 Å². The van der Waals surface area contributed by atoms with Crippen molar-refractivity contribution in [3.05, 3.63) is 30.0 Å². The Hall–Kier alpha value is -3.03. The third-order valence-corrected chi connectivity index (χ3v) is 3.75. The van der Waals surface area contributed by atoms with Crippen LogP contribution in [0.1, 0.15) is 37.0 Å². The number of hydrogen-bond donors (Lipinski definition) is 4. The average molecular weight is 347 g/mol. The molecule has 1 heterocycles. The van der Waals surface area contributed by atoms with Crippen molar-refractivity contribution >= 4 is 34.6 Å². The zero-order valence-corrected chi connectivity index (χ0v) is 14.3. The number of hydrogen-bond acceptors (Lipinski definition) is 4. The fraction of sp³-hybridized carbons (Fsp3) is 0.353. The van der Waals surface area contributed by atoms with Gasteiger partial charge >= 0.3 is 18.0 Å². The molecule has 0 fully saturated rings. The Morgan fingerprint density at radius 2 is 2.00 bits per heavy atom. The van der Waals surface area contributed by atoms with Gasteiger partial charge in [-0.2, -0.15) is 0 Å². The SMILES string of the molecule is COC(=O)c1cc(NC(=O)NC(C)(C)CCC(=O)O)cc2[nH]ccc12. The average Bonchev–Trinajstić information content (AvgIpc) is 2.99. The van der Waals surface area contributed by atoms with E-state index in [1.54, 1.807) is 32.2 Å². The van der Waals surface area contributed by atoms with E-state index in [2.05, 4.69) is 15.6 Å². The quantitative estimate of drug-likeness (QED) is 0.599. The van der Waals surface area contributed by atoms with E-state index in [9.17, 15) is 14.4 Å². The lowest BCUT2D eigenvalue weighted by atomic mass is 9.99. The number of esters is 1. The van der Waals surface area contributed by atoms with E-state index >= 15 is 0 Å². The van der Waals surface area contributed by atoms with Crippen molar-refractivity contribution in [1.82, 2.24) is 10.3 Å². The lowest BCUT2D eigenvalue weighted by Gasteiger charge is -2.25. The standard InChI is InChI=1S/C17H21N3O5/c1-17(2,6-4-14(21)22)20-16(24)19-10-8-12(15(23)25-3)11-5-7-18-13(11)9-10/h5,7-9,18H,4,6H2,1-3H3,(H,21,22)(H2,19,20,24). The van der Waals surface area contributed by atoms with Crippen molar-refractivity contribution in [2.45, 2.75) is 32.2 Å². The molecule has 0 aliphatic heterocycles. The second kappa shape index (κ2) is 7.25. The molecule has 0 saturated carbocycles. The zero-order chi connectivity index (χ0) is 18.6. The maximum absolute atomic E-state index is 12.2. The van der Waals surface area contributed by atoms with E-state index in [4.69, 9.17) is 9.84 Å². The van der Waals surface area contributed by atoms with Crippen LogP contribution < -0.4 is 10.6 Å². The van der Waals surface area contributed by atoms with Crippen LogP contribution in [-0.2, 0) is 9.53 Å². The van der Waals surface area contributed by atoms with E-state index in [0.29, 0.717) is 28.6 Å². The maximum atomic E-state index is 12.2. The number of H-pyrrole nitrogens is 1. The number of aromatic amines is 1. The van der Waals surface area contributed by atoms with Crippen LogP contribution in [0.4, 0.5) is 10.5 Å². The Morgan fingerprint density at radius 1 is 1.28 bits per heavy atom. The summed E-state index contributed by atoms with van der Waals surface area (Å²) >= 11 is 0. The molecule has 1 aromatic carbocycles. The number of urea groups is 1. The minimum absolute atomic E-state index is 0.0474. The first-order valence-corrected chi connectivity index (χ1v) is 7.72. The van der Waals surface area contributed by atoms with Gasteiger partial charge in [-0.3, -0.25) is 4.79 Å². The largest absolute Gasteiger partial charge is 0.481 e. The summed E-state index contributed by atoms with van der Waals surface area (Å²) in [5, 5.41) is 14.8. The van der Waals surface area contributed by atoms with Gasteiger partial charge in [0, 0.05) is 34.7 Å². The maximum Gasteiger partial charge on any atom is 0.338 e. The molecule has 0 radical (unpaired) electrons. The minimum Gasteiger partial charge on any atom is -0.481 e. The van der Waals surface area contributed by atoms with Crippen molar-refractivity contribution in [3.63, 3.8) is 0 Å². The van der Waals surface area contributed by atoms with Crippen LogP contribution >= 0.6 is 0 Å². The van der Waals surface area contributed by atoms with Gasteiger partial charge in [-0.05, 0) is 38.5 Å². The Morgan fingerprint density at radius 3 is 2.64 bits per heavy atom. The van der Waals surface area contributed by atoms with Crippen molar-refractivity contribution in [1.29, 1.82) is 0 Å². The summed E-state index contributed by atoms with van der Waals surface area (Å²) < 4.78 is 4.77. The second-order valence-electron chi connectivity index (χ2n) is 6.31. The van der Waals surface area contributed by atoms with E-state index in [-0.39, 0.29) is 6.42 Å². The fourth-order valence-corrected chi connectivity index (χ4v) is 2.47. The third kappa shape index (κ3) is 4.72. The lowest BCUT2D eigenvalue weighted by Crippen LogP contribution is -2.45. The number of nitrogens with one attached hydrogen (secondary N) is 3. The molecule has 1 aromatic heterocycles. The van der Waals surface area contributed by atoms with Gasteiger partial charge in [0.15, 0.2) is 0 Å². The Kier molecular flexibility index (Phi) is 5.31. The lowest BCUT2D eigenvalue weighted by molar-refractivity contribution is -0.137. The number of aromatic nitrogens is 1. The predicted octanol–water partition coefficient (Wildman–Crippen LogP) is 2.72. The number of amides is 2. The molecule has 8 heteroatoms. The molecular formula is C17H21N3O5. The number of fused-ring (bicyclic) bond motifs is 1. The zero-order valence-electron chi connectivity index (χ0n) is 14.3. The first-order chi connectivity index (χ1) is 11.7. The fourth-order valence-electron chi connectivity index (χ4n) is 2.47. The van der Waals surface area contributed by atoms with Crippen LogP contribution in [0.15, 0.2) is 24.4 Å². The third-order valence-electron chi connectivity index (χ3n) is 3.75. The molecule has 0 bridgehead atoms. The van der Waals surface area contributed by atoms with Gasteiger partial charge in [-0.15, -0.1) is 0 Å². The van der Waals surface area contributed by atoms with Crippen LogP contribution in [0, 0.1) is 0 Å². The van der Waals surface area contributed by atoms with Crippen LogP contribution in [-0.4, -0.2) is 40.7 Å². The number of rotatable bonds is 6. The van der Waals surface area contributed by atoms with Crippen LogP contribution in [0.25, 0.3) is 10.9 Å². The molecule has 2 aromatic rings. The summed E-state index contributed by atoms with van der Waals surface area (Å²) in [7, 11) is 1.29. The van der Waals surface area contributed by atoms with Crippen molar-refractivity contribution < 1.29 is 24.2 Å². The summed E-state index contributed by atoms with van der Waals surface area (Å²) in [6.07, 6.45) is 1.93. The highest BCUT2D eigenvalue weighted by atomic mass is 16.5. The summed E-state index contributed by atoms with van der Waals surface area (Å²) in [6.45, 7) is 3.48. The smallest absolute Gasteiger partial charge is 0.338 e. The van der Waals surface area contributed by atoms with E-state index in [1.165, 1.54) is 13.2 Å². The number of methoxy groups -OCH3 is 1. The van der Waals surface area contributed by atoms with Gasteiger partial charge in [0.25, 0.3) is 0 Å². The Labute approximate surface area is 144 Å². The number of carboxylic acid groups (broad SMARTS) is 1. The van der Waals surface area contributed by atoms with Gasteiger partial charge in [0.2, 0.25) is 0 Å². The number of carboxylic acids is 1. The number of aliphatic carboxylic acids is 1. The van der Waals surface area contributed by atoms with Gasteiger partial charge in [0.1, 0.15) is 0 Å². The number of carbonyl (C=O) groups is 3. The topological polar surface area (TPSA) is 121 Å². The Bertz CT molecular complexity index is 810. The molecule has 2 amide bonds. The molecular weight excluding hydrogens is 326 g/mol. The number of benzene rings is 1. The monoisotopic (exact) mass is 347 g/mol. The molecule has 8 nitrogen and oxygen atoms in total. The second-order valence-corrected chi connectivity index (χ2v) is 6.31. The molecule has 0 atom stereocenters. The van der Waals surface area contributed by atoms with Crippen LogP contribution in [0.2, 0.25) is 0 Å². The molecule has 0 saturated heterocycles. The first kappa shape index (κ1) is 18.3. The summed E-state index contributed by atoms with van der Waals surface area (Å²) in [4.78, 5) is 37.8. The summed E-state index contributed by atoms with van der Waals surface area (Å²) in [5.74, 6) is -1.43. The highest BCUT2D eigenvalue weighted by Crippen LogP contribution is 2.24. The molecule has 0 aliphatic carbocycles. The Balaban J connectivity index is 2.15. The minimum atomic E-state index is -0.921. The summed E-state index contributed by atoms with van der Waals surface area (Å²) in [6, 6.07) is 4.50. The highest BCUT2D eigenvalue weighted by Gasteiger charge is 2.22. The predicted molar refractivity (Wildman–Crippen MR) is 92.7 cm³/mol. The molecule has 25 heavy (non-hydrogen) atoms. The van der Waals surface area contributed by atoms with Gasteiger partial charge in [-0.25, -0.2) is 9.59 Å². The summed E-state index contributed by atoms with van der Waals surface area (Å²) in [5.41, 5.74) is 0.747. The molecule has 2 rings (SSSR count). The number of carbonyl (C=O) groups excluding carboxylic acids is 2. The van der Waals surface area contributed by atoms with Crippen molar-refractivity contribution in [2.24, 2.45) is 0 Å². The van der Waals surface area contributed by atoms with Crippen LogP contribution in [0.3, 0.4) is 0 Å². The van der Waals surface area contributed by atoms with Gasteiger partial charge in [-0.1, -0.05) is 0 Å². The first-order valence-electron chi connectivity index (χ1n) is 7.72. The van der Waals surface area contributed by atoms with Crippen LogP contribution in [0.5, 0.6) is 0 Å². The molecule has 0 spiro atoms. The molecule has 0 unspecified atom stereocenters. The van der Waals surface area contributed by atoms with E-state index in [1.807, 2.05) is 0 Å². The number of anilines is 1. The molecule has 134 valence electrons. The van der Waals surface area contributed by atoms with E-state index in [0.717, 1.165) is 0 Å². The van der Waals surface area contributed by atoms with Gasteiger partial charge in [0.05, 0.1) is 12.7 Å². The van der Waals surface area contributed by atoms with Crippen molar-refractivity contribution in [2.75, 3.05) is 12.4 Å². The highest BCUT2D eigenvalue weighted by molar-refractivity contribution is 6.06. The van der Waals surface area contributed by atoms with E-state index < -0.39 is 23.5 Å². The molecule has 0 aliphatic rings. The normalized spacial score (nSPS) is 11.2.